The zero-order valence-electron chi connectivity index (χ0n) is 12.5. The molecule has 1 saturated heterocycles. The van der Waals surface area contributed by atoms with Gasteiger partial charge in [0.05, 0.1) is 12.2 Å². The molecule has 0 aromatic heterocycles. The lowest BCUT2D eigenvalue weighted by molar-refractivity contribution is 0.00874. The van der Waals surface area contributed by atoms with Crippen LogP contribution in [0.5, 0.6) is 0 Å². The van der Waals surface area contributed by atoms with Crippen LogP contribution in [0.2, 0.25) is 0 Å². The molecule has 5 atom stereocenters. The van der Waals surface area contributed by atoms with Gasteiger partial charge in [0.25, 0.3) is 0 Å². The SMILES string of the molecule is CC12CCCC(C3CC4CC4(C)C3(C)C)(CO1)C2. The molecule has 2 bridgehead atoms. The van der Waals surface area contributed by atoms with Crippen LogP contribution in [-0.2, 0) is 4.74 Å². The molecule has 102 valence electrons. The summed E-state index contributed by atoms with van der Waals surface area (Å²) in [4.78, 5) is 0. The Balaban J connectivity index is 1.69. The average Bonchev–Trinajstić information content (AvgIpc) is 2.83. The predicted molar refractivity (Wildman–Crippen MR) is 73.4 cm³/mol. The average molecular weight is 248 g/mol. The van der Waals surface area contributed by atoms with Crippen LogP contribution in [0.3, 0.4) is 0 Å². The Hall–Kier alpha value is -0.0400. The van der Waals surface area contributed by atoms with Gasteiger partial charge >= 0.3 is 0 Å². The van der Waals surface area contributed by atoms with E-state index in [0.29, 0.717) is 16.2 Å². The molecule has 1 nitrogen and oxygen atoms in total. The Bertz CT molecular complexity index is 400. The minimum Gasteiger partial charge on any atom is -0.375 e. The van der Waals surface area contributed by atoms with Crippen LogP contribution in [0.1, 0.15) is 66.2 Å². The highest BCUT2D eigenvalue weighted by molar-refractivity contribution is 5.20. The van der Waals surface area contributed by atoms with E-state index < -0.39 is 0 Å². The monoisotopic (exact) mass is 248 g/mol. The topological polar surface area (TPSA) is 9.23 Å². The van der Waals surface area contributed by atoms with Crippen LogP contribution in [0, 0.1) is 28.1 Å². The molecule has 0 amide bonds. The molecule has 0 spiro atoms. The van der Waals surface area contributed by atoms with Gasteiger partial charge in [0.2, 0.25) is 0 Å². The second kappa shape index (κ2) is 3.00. The van der Waals surface area contributed by atoms with Gasteiger partial charge in [-0.15, -0.1) is 0 Å². The summed E-state index contributed by atoms with van der Waals surface area (Å²) in [5, 5.41) is 0. The van der Waals surface area contributed by atoms with Gasteiger partial charge in [0, 0.05) is 0 Å². The Kier molecular flexibility index (Phi) is 1.96. The fraction of sp³-hybridized carbons (Fsp3) is 1.00. The van der Waals surface area contributed by atoms with E-state index in [2.05, 4.69) is 27.7 Å². The summed E-state index contributed by atoms with van der Waals surface area (Å²) in [6.07, 6.45) is 8.44. The summed E-state index contributed by atoms with van der Waals surface area (Å²) in [5.74, 6) is 1.94. The van der Waals surface area contributed by atoms with Crippen molar-refractivity contribution in [1.82, 2.24) is 0 Å². The summed E-state index contributed by atoms with van der Waals surface area (Å²) < 4.78 is 6.26. The normalized spacial score (nSPS) is 60.7. The van der Waals surface area contributed by atoms with Crippen molar-refractivity contribution in [1.29, 1.82) is 0 Å². The van der Waals surface area contributed by atoms with Gasteiger partial charge in [-0.25, -0.2) is 0 Å². The molecule has 0 aromatic rings. The van der Waals surface area contributed by atoms with Crippen molar-refractivity contribution in [3.63, 3.8) is 0 Å². The third-order valence-corrected chi connectivity index (χ3v) is 7.83. The summed E-state index contributed by atoms with van der Waals surface area (Å²) in [6.45, 7) is 11.1. The minimum atomic E-state index is 0.224. The van der Waals surface area contributed by atoms with E-state index >= 15 is 0 Å². The van der Waals surface area contributed by atoms with E-state index in [-0.39, 0.29) is 5.60 Å². The molecule has 4 aliphatic rings. The van der Waals surface area contributed by atoms with Crippen LogP contribution in [-0.4, -0.2) is 12.2 Å². The van der Waals surface area contributed by atoms with E-state index in [1.54, 1.807) is 0 Å². The van der Waals surface area contributed by atoms with Crippen molar-refractivity contribution in [2.75, 3.05) is 6.61 Å². The summed E-state index contributed by atoms with van der Waals surface area (Å²) in [7, 11) is 0. The lowest BCUT2D eigenvalue weighted by Crippen LogP contribution is -2.44. The minimum absolute atomic E-state index is 0.224. The second-order valence-electron chi connectivity index (χ2n) is 8.96. The zero-order valence-corrected chi connectivity index (χ0v) is 12.5. The summed E-state index contributed by atoms with van der Waals surface area (Å²) in [5.41, 5.74) is 1.95. The molecule has 0 aromatic carbocycles. The van der Waals surface area contributed by atoms with E-state index in [9.17, 15) is 0 Å². The molecule has 5 unspecified atom stereocenters. The van der Waals surface area contributed by atoms with E-state index in [1.165, 1.54) is 38.5 Å². The lowest BCUT2D eigenvalue weighted by atomic mass is 9.55. The van der Waals surface area contributed by atoms with Crippen molar-refractivity contribution in [2.45, 2.75) is 71.8 Å². The van der Waals surface area contributed by atoms with Gasteiger partial charge in [-0.05, 0) is 73.5 Å². The van der Waals surface area contributed by atoms with Crippen LogP contribution in [0.15, 0.2) is 0 Å². The Morgan fingerprint density at radius 3 is 2.50 bits per heavy atom. The zero-order chi connectivity index (χ0) is 12.8. The molecule has 4 fully saturated rings. The fourth-order valence-electron chi connectivity index (χ4n) is 6.28. The molecule has 4 rings (SSSR count). The Labute approximate surface area is 112 Å². The van der Waals surface area contributed by atoms with Crippen molar-refractivity contribution in [3.05, 3.63) is 0 Å². The van der Waals surface area contributed by atoms with Gasteiger partial charge in [0.1, 0.15) is 0 Å². The Morgan fingerprint density at radius 1 is 1.06 bits per heavy atom. The number of hydrogen-bond acceptors (Lipinski definition) is 1. The first-order chi connectivity index (χ1) is 8.32. The number of ether oxygens (including phenoxy) is 1. The van der Waals surface area contributed by atoms with E-state index in [1.807, 2.05) is 0 Å². The molecule has 0 N–H and O–H groups in total. The molecule has 3 saturated carbocycles. The first-order valence-electron chi connectivity index (χ1n) is 7.95. The van der Waals surface area contributed by atoms with Gasteiger partial charge in [-0.1, -0.05) is 20.8 Å². The van der Waals surface area contributed by atoms with Crippen LogP contribution >= 0.6 is 0 Å². The highest BCUT2D eigenvalue weighted by Crippen LogP contribution is 2.78. The Morgan fingerprint density at radius 2 is 1.83 bits per heavy atom. The third-order valence-electron chi connectivity index (χ3n) is 7.83. The maximum atomic E-state index is 6.26. The summed E-state index contributed by atoms with van der Waals surface area (Å²) in [6, 6.07) is 0. The lowest BCUT2D eigenvalue weighted by Gasteiger charge is -2.48. The largest absolute Gasteiger partial charge is 0.375 e. The quantitative estimate of drug-likeness (QED) is 0.668. The van der Waals surface area contributed by atoms with Crippen molar-refractivity contribution in [3.8, 4) is 0 Å². The van der Waals surface area contributed by atoms with Crippen LogP contribution in [0.25, 0.3) is 0 Å². The number of fused-ring (bicyclic) bond motifs is 3. The second-order valence-corrected chi connectivity index (χ2v) is 8.96. The van der Waals surface area contributed by atoms with Gasteiger partial charge < -0.3 is 4.74 Å². The third kappa shape index (κ3) is 1.18. The molecular formula is C17H28O. The van der Waals surface area contributed by atoms with Crippen molar-refractivity contribution in [2.24, 2.45) is 28.1 Å². The van der Waals surface area contributed by atoms with Gasteiger partial charge in [0.15, 0.2) is 0 Å². The molecule has 18 heavy (non-hydrogen) atoms. The molecule has 1 heteroatoms. The highest BCUT2D eigenvalue weighted by atomic mass is 16.5. The molecule has 1 heterocycles. The maximum Gasteiger partial charge on any atom is 0.0661 e. The van der Waals surface area contributed by atoms with Crippen molar-refractivity contribution < 1.29 is 4.74 Å². The predicted octanol–water partition coefficient (Wildman–Crippen LogP) is 4.41. The smallest absolute Gasteiger partial charge is 0.0661 e. The molecule has 0 radical (unpaired) electrons. The van der Waals surface area contributed by atoms with Crippen LogP contribution < -0.4 is 0 Å². The van der Waals surface area contributed by atoms with Crippen molar-refractivity contribution >= 4 is 0 Å². The standard InChI is InChI=1S/C17H28O/c1-14(2)13(8-12-9-16(12,14)4)17-7-5-6-15(3,10-17)18-11-17/h12-13H,5-11H2,1-4H3. The first-order valence-corrected chi connectivity index (χ1v) is 7.95. The van der Waals surface area contributed by atoms with Gasteiger partial charge in [-0.3, -0.25) is 0 Å². The molecule has 3 aliphatic carbocycles. The first kappa shape index (κ1) is 11.8. The highest BCUT2D eigenvalue weighted by Gasteiger charge is 2.71. The molecular weight excluding hydrogens is 220 g/mol. The maximum absolute atomic E-state index is 6.26. The van der Waals surface area contributed by atoms with Gasteiger partial charge in [-0.2, -0.15) is 0 Å². The fourth-order valence-corrected chi connectivity index (χ4v) is 6.28. The molecule has 1 aliphatic heterocycles. The van der Waals surface area contributed by atoms with Crippen LogP contribution in [0.4, 0.5) is 0 Å². The summed E-state index contributed by atoms with van der Waals surface area (Å²) >= 11 is 0. The number of rotatable bonds is 1. The number of hydrogen-bond donors (Lipinski definition) is 0. The van der Waals surface area contributed by atoms with E-state index in [4.69, 9.17) is 4.74 Å². The van der Waals surface area contributed by atoms with E-state index in [0.717, 1.165) is 18.4 Å².